The minimum Gasteiger partial charge on any atom is -0.353 e. The molecule has 0 atom stereocenters. The molecule has 3 aromatic heterocycles. The Labute approximate surface area is 126 Å². The fraction of sp³-hybridized carbons (Fsp3) is 0.267. The van der Waals surface area contributed by atoms with Gasteiger partial charge in [0.15, 0.2) is 5.65 Å². The van der Waals surface area contributed by atoms with E-state index in [1.807, 2.05) is 44.3 Å². The van der Waals surface area contributed by atoms with Crippen LogP contribution >= 0.6 is 11.8 Å². The van der Waals surface area contributed by atoms with E-state index in [-0.39, 0.29) is 11.9 Å². The molecule has 1 N–H and O–H groups in total. The molecule has 21 heavy (non-hydrogen) atoms. The number of carbonyl (C=O) groups excluding carboxylic acids is 1. The highest BCUT2D eigenvalue weighted by Gasteiger charge is 2.11. The Bertz CT molecular complexity index is 797. The molecule has 1 amide bonds. The maximum Gasteiger partial charge on any atom is 0.230 e. The Morgan fingerprint density at radius 3 is 2.95 bits per heavy atom. The van der Waals surface area contributed by atoms with Crippen molar-refractivity contribution in [1.29, 1.82) is 0 Å². The fourth-order valence-electron chi connectivity index (χ4n) is 2.19. The van der Waals surface area contributed by atoms with Gasteiger partial charge in [0, 0.05) is 18.4 Å². The van der Waals surface area contributed by atoms with E-state index in [9.17, 15) is 4.79 Å². The number of hydrogen-bond acceptors (Lipinski definition) is 4. The van der Waals surface area contributed by atoms with E-state index >= 15 is 0 Å². The fourth-order valence-corrected chi connectivity index (χ4v) is 3.00. The second kappa shape index (κ2) is 5.73. The third kappa shape index (κ3) is 2.85. The van der Waals surface area contributed by atoms with Crippen LogP contribution in [0.15, 0.2) is 41.7 Å². The van der Waals surface area contributed by atoms with Gasteiger partial charge in [0.1, 0.15) is 5.03 Å². The lowest BCUT2D eigenvalue weighted by atomic mass is 10.4. The van der Waals surface area contributed by atoms with Gasteiger partial charge in [-0.3, -0.25) is 4.79 Å². The molecule has 3 aromatic rings. The zero-order chi connectivity index (χ0) is 14.8. The Hall–Kier alpha value is -2.08. The van der Waals surface area contributed by atoms with Crippen LogP contribution in [0.4, 0.5) is 0 Å². The van der Waals surface area contributed by atoms with Crippen LogP contribution in [0, 0.1) is 0 Å². The predicted molar refractivity (Wildman–Crippen MR) is 84.5 cm³/mol. The third-order valence-electron chi connectivity index (χ3n) is 2.99. The van der Waals surface area contributed by atoms with Gasteiger partial charge in [-0.1, -0.05) is 11.8 Å². The summed E-state index contributed by atoms with van der Waals surface area (Å²) in [6, 6.07) is 8.01. The average Bonchev–Trinajstić information content (AvgIpc) is 2.94. The quantitative estimate of drug-likeness (QED) is 0.752. The lowest BCUT2D eigenvalue weighted by Crippen LogP contribution is -2.31. The molecular weight excluding hydrogens is 284 g/mol. The van der Waals surface area contributed by atoms with Crippen molar-refractivity contribution in [3.63, 3.8) is 0 Å². The zero-order valence-corrected chi connectivity index (χ0v) is 12.7. The summed E-state index contributed by atoms with van der Waals surface area (Å²) in [5, 5.41) is 3.71. The number of pyridine rings is 1. The van der Waals surface area contributed by atoms with Crippen molar-refractivity contribution in [3.05, 3.63) is 36.7 Å². The molecule has 0 aliphatic heterocycles. The molecular formula is C15H16N4OS. The summed E-state index contributed by atoms with van der Waals surface area (Å²) in [5.41, 5.74) is 2.65. The smallest absolute Gasteiger partial charge is 0.230 e. The largest absolute Gasteiger partial charge is 0.353 e. The maximum atomic E-state index is 11.8. The van der Waals surface area contributed by atoms with E-state index in [0.717, 1.165) is 16.1 Å². The van der Waals surface area contributed by atoms with Gasteiger partial charge in [-0.15, -0.1) is 0 Å². The van der Waals surface area contributed by atoms with Crippen LogP contribution < -0.4 is 5.32 Å². The van der Waals surface area contributed by atoms with Gasteiger partial charge in [-0.2, -0.15) is 0 Å². The lowest BCUT2D eigenvalue weighted by Gasteiger charge is -2.09. The molecule has 108 valence electrons. The molecule has 0 fully saturated rings. The lowest BCUT2D eigenvalue weighted by molar-refractivity contribution is -0.119. The number of amides is 1. The van der Waals surface area contributed by atoms with E-state index in [2.05, 4.69) is 19.7 Å². The van der Waals surface area contributed by atoms with Crippen LogP contribution in [0.5, 0.6) is 0 Å². The van der Waals surface area contributed by atoms with Gasteiger partial charge in [0.05, 0.1) is 16.8 Å². The number of rotatable bonds is 4. The average molecular weight is 300 g/mol. The van der Waals surface area contributed by atoms with Gasteiger partial charge in [0.2, 0.25) is 5.91 Å². The monoisotopic (exact) mass is 300 g/mol. The number of fused-ring (bicyclic) bond motifs is 3. The van der Waals surface area contributed by atoms with Crippen LogP contribution in [-0.2, 0) is 4.79 Å². The number of nitrogens with one attached hydrogen (secondary N) is 1. The summed E-state index contributed by atoms with van der Waals surface area (Å²) in [7, 11) is 0. The summed E-state index contributed by atoms with van der Waals surface area (Å²) in [6.45, 7) is 3.90. The van der Waals surface area contributed by atoms with Crippen molar-refractivity contribution in [2.24, 2.45) is 0 Å². The van der Waals surface area contributed by atoms with Crippen molar-refractivity contribution < 1.29 is 4.79 Å². The summed E-state index contributed by atoms with van der Waals surface area (Å²) in [6.07, 6.45) is 3.71. The van der Waals surface area contributed by atoms with Crippen molar-refractivity contribution in [3.8, 4) is 0 Å². The minimum absolute atomic E-state index is 0.0163. The molecule has 0 bridgehead atoms. The first-order valence-corrected chi connectivity index (χ1v) is 7.77. The first-order valence-electron chi connectivity index (χ1n) is 6.79. The molecule has 0 aromatic carbocycles. The van der Waals surface area contributed by atoms with Gasteiger partial charge in [0.25, 0.3) is 0 Å². The molecule has 0 spiro atoms. The van der Waals surface area contributed by atoms with Crippen LogP contribution in [0.2, 0.25) is 0 Å². The Kier molecular flexibility index (Phi) is 3.79. The molecule has 0 aliphatic carbocycles. The third-order valence-corrected chi connectivity index (χ3v) is 3.97. The summed E-state index contributed by atoms with van der Waals surface area (Å²) in [5.74, 6) is 0.368. The molecule has 5 nitrogen and oxygen atoms in total. The van der Waals surface area contributed by atoms with Crippen LogP contribution in [0.1, 0.15) is 13.8 Å². The number of hydrogen-bond donors (Lipinski definition) is 1. The van der Waals surface area contributed by atoms with Crippen LogP contribution in [0.25, 0.3) is 16.7 Å². The molecule has 6 heteroatoms. The Balaban J connectivity index is 1.93. The second-order valence-corrected chi connectivity index (χ2v) is 6.00. The first-order chi connectivity index (χ1) is 10.1. The number of nitrogens with zero attached hydrogens (tertiary/aromatic N) is 3. The predicted octanol–water partition coefficient (Wildman–Crippen LogP) is 2.50. The Morgan fingerprint density at radius 2 is 2.14 bits per heavy atom. The second-order valence-electron chi connectivity index (χ2n) is 5.04. The highest BCUT2D eigenvalue weighted by Crippen LogP contribution is 2.25. The van der Waals surface area contributed by atoms with E-state index < -0.39 is 0 Å². The number of thioether (sulfide) groups is 1. The van der Waals surface area contributed by atoms with Gasteiger partial charge < -0.3 is 9.72 Å². The first kappa shape index (κ1) is 13.9. The zero-order valence-electron chi connectivity index (χ0n) is 11.9. The molecule has 0 radical (unpaired) electrons. The molecule has 0 saturated carbocycles. The SMILES string of the molecule is CC(C)NC(=O)CSc1nc2ncccc2n2cccc12. The van der Waals surface area contributed by atoms with Gasteiger partial charge in [-0.25, -0.2) is 9.97 Å². The van der Waals surface area contributed by atoms with Crippen LogP contribution in [0.3, 0.4) is 0 Å². The van der Waals surface area contributed by atoms with Crippen molar-refractivity contribution in [2.75, 3.05) is 5.75 Å². The standard InChI is InChI=1S/C15H16N4OS/c1-10(2)17-13(20)9-21-15-12-6-4-8-19(12)11-5-3-7-16-14(11)18-15/h3-8,10H,9H2,1-2H3,(H,17,20). The summed E-state index contributed by atoms with van der Waals surface area (Å²) < 4.78 is 2.05. The van der Waals surface area contributed by atoms with E-state index in [4.69, 9.17) is 0 Å². The number of carbonyl (C=O) groups is 1. The van der Waals surface area contributed by atoms with Crippen molar-refractivity contribution in [1.82, 2.24) is 19.7 Å². The molecule has 0 saturated heterocycles. The highest BCUT2D eigenvalue weighted by molar-refractivity contribution is 8.00. The maximum absolute atomic E-state index is 11.8. The van der Waals surface area contributed by atoms with E-state index in [0.29, 0.717) is 11.4 Å². The summed E-state index contributed by atoms with van der Waals surface area (Å²) >= 11 is 1.44. The van der Waals surface area contributed by atoms with Crippen molar-refractivity contribution in [2.45, 2.75) is 24.9 Å². The van der Waals surface area contributed by atoms with Crippen LogP contribution in [-0.4, -0.2) is 32.1 Å². The topological polar surface area (TPSA) is 59.3 Å². The molecule has 3 rings (SSSR count). The highest BCUT2D eigenvalue weighted by atomic mass is 32.2. The van der Waals surface area contributed by atoms with Gasteiger partial charge >= 0.3 is 0 Å². The molecule has 0 unspecified atom stereocenters. The number of aromatic nitrogens is 3. The van der Waals surface area contributed by atoms with E-state index in [1.54, 1.807) is 6.20 Å². The normalized spacial score (nSPS) is 11.4. The minimum atomic E-state index is 0.0163. The Morgan fingerprint density at radius 1 is 1.33 bits per heavy atom. The summed E-state index contributed by atoms with van der Waals surface area (Å²) in [4.78, 5) is 20.7. The van der Waals surface area contributed by atoms with Crippen molar-refractivity contribution >= 4 is 34.3 Å². The van der Waals surface area contributed by atoms with E-state index in [1.165, 1.54) is 11.8 Å². The molecule has 3 heterocycles. The molecule has 0 aliphatic rings. The van der Waals surface area contributed by atoms with Gasteiger partial charge in [-0.05, 0) is 38.1 Å².